The number of hydrogen-bond donors (Lipinski definition) is 2. The topological polar surface area (TPSA) is 76.7 Å². The summed E-state index contributed by atoms with van der Waals surface area (Å²) < 4.78 is 9.74. The molecule has 0 aromatic heterocycles. The van der Waals surface area contributed by atoms with Crippen molar-refractivity contribution in [1.82, 2.24) is 10.6 Å². The second-order valence-corrected chi connectivity index (χ2v) is 4.36. The minimum atomic E-state index is -0.997. The zero-order valence-corrected chi connectivity index (χ0v) is 10.6. The van der Waals surface area contributed by atoms with Crippen LogP contribution in [0.25, 0.3) is 0 Å². The number of rotatable bonds is 4. The monoisotopic (exact) mass is 264 g/mol. The summed E-state index contributed by atoms with van der Waals surface area (Å²) in [5.74, 6) is -0.470. The highest BCUT2D eigenvalue weighted by Gasteiger charge is 2.47. The van der Waals surface area contributed by atoms with Gasteiger partial charge in [-0.25, -0.2) is 9.59 Å². The SMILES string of the molecule is COC(=O)C1(NC(=O)OCc2ccccc2)CNC1. The third-order valence-corrected chi connectivity index (χ3v) is 2.98. The fourth-order valence-electron chi connectivity index (χ4n) is 1.81. The molecule has 0 unspecified atom stereocenters. The van der Waals surface area contributed by atoms with Crippen molar-refractivity contribution in [2.75, 3.05) is 20.2 Å². The fourth-order valence-corrected chi connectivity index (χ4v) is 1.81. The van der Waals surface area contributed by atoms with Gasteiger partial charge in [-0.3, -0.25) is 0 Å². The quantitative estimate of drug-likeness (QED) is 0.771. The third-order valence-electron chi connectivity index (χ3n) is 2.98. The largest absolute Gasteiger partial charge is 0.467 e. The molecule has 19 heavy (non-hydrogen) atoms. The molecule has 1 aromatic carbocycles. The first kappa shape index (κ1) is 13.4. The van der Waals surface area contributed by atoms with Gasteiger partial charge in [-0.05, 0) is 5.56 Å². The Morgan fingerprint density at radius 3 is 2.53 bits per heavy atom. The van der Waals surface area contributed by atoms with E-state index in [1.807, 2.05) is 30.3 Å². The first-order valence-electron chi connectivity index (χ1n) is 5.94. The minimum absolute atomic E-state index is 0.164. The Balaban J connectivity index is 1.85. The van der Waals surface area contributed by atoms with Gasteiger partial charge < -0.3 is 20.1 Å². The molecule has 6 heteroatoms. The Labute approximate surface area is 111 Å². The molecule has 0 aliphatic carbocycles. The van der Waals surface area contributed by atoms with E-state index in [0.717, 1.165) is 5.56 Å². The normalized spacial score (nSPS) is 16.1. The summed E-state index contributed by atoms with van der Waals surface area (Å²) >= 11 is 0. The molecule has 1 aliphatic heterocycles. The van der Waals surface area contributed by atoms with Crippen molar-refractivity contribution >= 4 is 12.1 Å². The molecule has 102 valence electrons. The Morgan fingerprint density at radius 1 is 1.32 bits per heavy atom. The van der Waals surface area contributed by atoms with Gasteiger partial charge in [0.1, 0.15) is 6.61 Å². The molecule has 1 amide bonds. The van der Waals surface area contributed by atoms with Crippen LogP contribution in [0.2, 0.25) is 0 Å². The van der Waals surface area contributed by atoms with Crippen molar-refractivity contribution in [2.45, 2.75) is 12.1 Å². The lowest BCUT2D eigenvalue weighted by atomic mass is 9.93. The van der Waals surface area contributed by atoms with E-state index in [0.29, 0.717) is 13.1 Å². The number of nitrogens with one attached hydrogen (secondary N) is 2. The maximum absolute atomic E-state index is 11.7. The summed E-state index contributed by atoms with van der Waals surface area (Å²) in [5, 5.41) is 5.48. The second kappa shape index (κ2) is 5.71. The van der Waals surface area contributed by atoms with E-state index >= 15 is 0 Å². The molecule has 0 bridgehead atoms. The molecule has 0 spiro atoms. The average molecular weight is 264 g/mol. The third kappa shape index (κ3) is 3.03. The van der Waals surface area contributed by atoms with Crippen molar-refractivity contribution in [2.24, 2.45) is 0 Å². The van der Waals surface area contributed by atoms with Gasteiger partial charge >= 0.3 is 12.1 Å². The van der Waals surface area contributed by atoms with Gasteiger partial charge in [0.15, 0.2) is 5.54 Å². The van der Waals surface area contributed by atoms with Crippen LogP contribution in [0.1, 0.15) is 5.56 Å². The van der Waals surface area contributed by atoms with E-state index in [4.69, 9.17) is 4.74 Å². The van der Waals surface area contributed by atoms with Crippen LogP contribution in [0.4, 0.5) is 4.79 Å². The van der Waals surface area contributed by atoms with Crippen molar-refractivity contribution in [3.05, 3.63) is 35.9 Å². The van der Waals surface area contributed by atoms with E-state index in [9.17, 15) is 9.59 Å². The van der Waals surface area contributed by atoms with Gasteiger partial charge in [-0.1, -0.05) is 30.3 Å². The highest BCUT2D eigenvalue weighted by Crippen LogP contribution is 2.13. The number of methoxy groups -OCH3 is 1. The van der Waals surface area contributed by atoms with Crippen LogP contribution in [0, 0.1) is 0 Å². The van der Waals surface area contributed by atoms with Crippen LogP contribution >= 0.6 is 0 Å². The maximum atomic E-state index is 11.7. The Hall–Kier alpha value is -2.08. The zero-order valence-electron chi connectivity index (χ0n) is 10.6. The summed E-state index contributed by atoms with van der Waals surface area (Å²) in [6, 6.07) is 9.32. The van der Waals surface area contributed by atoms with Crippen LogP contribution in [0.3, 0.4) is 0 Å². The number of hydrogen-bond acceptors (Lipinski definition) is 5. The Kier molecular flexibility index (Phi) is 4.01. The Morgan fingerprint density at radius 2 is 2.00 bits per heavy atom. The minimum Gasteiger partial charge on any atom is -0.467 e. The summed E-state index contributed by atoms with van der Waals surface area (Å²) in [7, 11) is 1.29. The van der Waals surface area contributed by atoms with Gasteiger partial charge in [0.25, 0.3) is 0 Å². The van der Waals surface area contributed by atoms with Crippen molar-refractivity contribution in [1.29, 1.82) is 0 Å². The van der Waals surface area contributed by atoms with Crippen molar-refractivity contribution in [3.63, 3.8) is 0 Å². The summed E-state index contributed by atoms with van der Waals surface area (Å²) in [6.07, 6.45) is -0.629. The maximum Gasteiger partial charge on any atom is 0.408 e. The molecule has 2 rings (SSSR count). The predicted molar refractivity (Wildman–Crippen MR) is 67.4 cm³/mol. The van der Waals surface area contributed by atoms with Gasteiger partial charge in [-0.15, -0.1) is 0 Å². The number of carbonyl (C=O) groups excluding carboxylic acids is 2. The van der Waals surface area contributed by atoms with Crippen LogP contribution in [0.15, 0.2) is 30.3 Å². The lowest BCUT2D eigenvalue weighted by Crippen LogP contribution is -2.73. The van der Waals surface area contributed by atoms with Crippen molar-refractivity contribution in [3.8, 4) is 0 Å². The first-order valence-corrected chi connectivity index (χ1v) is 5.94. The molecule has 6 nitrogen and oxygen atoms in total. The van der Waals surface area contributed by atoms with Crippen molar-refractivity contribution < 1.29 is 19.1 Å². The lowest BCUT2D eigenvalue weighted by Gasteiger charge is -2.39. The standard InChI is InChI=1S/C13H16N2O4/c1-18-11(16)13(8-14-9-13)15-12(17)19-7-10-5-3-2-4-6-10/h2-6,14H,7-9H2,1H3,(H,15,17). The summed E-state index contributed by atoms with van der Waals surface area (Å²) in [5.41, 5.74) is -0.112. The highest BCUT2D eigenvalue weighted by atomic mass is 16.6. The number of ether oxygens (including phenoxy) is 2. The highest BCUT2D eigenvalue weighted by molar-refractivity contribution is 5.87. The second-order valence-electron chi connectivity index (χ2n) is 4.36. The van der Waals surface area contributed by atoms with Gasteiger partial charge in [0, 0.05) is 13.1 Å². The van der Waals surface area contributed by atoms with Crippen LogP contribution < -0.4 is 10.6 Å². The molecular formula is C13H16N2O4. The number of benzene rings is 1. The molecule has 1 aliphatic rings. The summed E-state index contributed by atoms with van der Waals surface area (Å²) in [6.45, 7) is 0.859. The van der Waals surface area contributed by atoms with E-state index in [-0.39, 0.29) is 6.61 Å². The number of carbonyl (C=O) groups is 2. The predicted octanol–water partition coefficient (Wildman–Crippen LogP) is 0.428. The molecule has 0 radical (unpaired) electrons. The molecule has 1 aromatic rings. The zero-order chi connectivity index (χ0) is 13.7. The molecule has 2 N–H and O–H groups in total. The molecule has 0 saturated carbocycles. The van der Waals surface area contributed by atoms with Crippen LogP contribution in [0.5, 0.6) is 0 Å². The van der Waals surface area contributed by atoms with Gasteiger partial charge in [0.2, 0.25) is 0 Å². The molecule has 1 saturated heterocycles. The smallest absolute Gasteiger partial charge is 0.408 e. The van der Waals surface area contributed by atoms with Crippen LogP contribution in [-0.2, 0) is 20.9 Å². The Bertz CT molecular complexity index is 457. The molecule has 1 heterocycles. The molecule has 0 atom stereocenters. The number of amides is 1. The van der Waals surface area contributed by atoms with E-state index in [1.165, 1.54) is 7.11 Å². The lowest BCUT2D eigenvalue weighted by molar-refractivity contribution is -0.150. The fraction of sp³-hybridized carbons (Fsp3) is 0.385. The molecule has 1 fully saturated rings. The number of esters is 1. The van der Waals surface area contributed by atoms with E-state index in [1.54, 1.807) is 0 Å². The van der Waals surface area contributed by atoms with Gasteiger partial charge in [-0.2, -0.15) is 0 Å². The van der Waals surface area contributed by atoms with E-state index in [2.05, 4.69) is 15.4 Å². The first-order chi connectivity index (χ1) is 9.16. The molecular weight excluding hydrogens is 248 g/mol. The average Bonchev–Trinajstić information content (AvgIpc) is 2.41. The van der Waals surface area contributed by atoms with Crippen LogP contribution in [-0.4, -0.2) is 37.8 Å². The number of alkyl carbamates (subject to hydrolysis) is 1. The van der Waals surface area contributed by atoms with E-state index < -0.39 is 17.6 Å². The summed E-state index contributed by atoms with van der Waals surface area (Å²) in [4.78, 5) is 23.3. The van der Waals surface area contributed by atoms with Gasteiger partial charge in [0.05, 0.1) is 7.11 Å².